The summed E-state index contributed by atoms with van der Waals surface area (Å²) in [6, 6.07) is 0.148. The van der Waals surface area contributed by atoms with Gasteiger partial charge in [-0.1, -0.05) is 0 Å². The summed E-state index contributed by atoms with van der Waals surface area (Å²) in [6.45, 7) is 7.30. The normalized spacial score (nSPS) is 13.4. The SMILES string of the molecule is CCOCC(C)n1c(N)nc2c(C)nn(C)c21. The number of nitrogen functional groups attached to an aromatic ring is 1. The molecule has 0 saturated heterocycles. The predicted octanol–water partition coefficient (Wildman–Crippen LogP) is 1.26. The van der Waals surface area contributed by atoms with Gasteiger partial charge >= 0.3 is 0 Å². The molecule has 2 N–H and O–H groups in total. The van der Waals surface area contributed by atoms with Crippen LogP contribution < -0.4 is 5.73 Å². The Morgan fingerprint density at radius 2 is 2.18 bits per heavy atom. The summed E-state index contributed by atoms with van der Waals surface area (Å²) in [4.78, 5) is 4.36. The molecule has 2 rings (SSSR count). The second kappa shape index (κ2) is 4.37. The molecule has 0 fully saturated rings. The molecule has 0 aliphatic heterocycles. The van der Waals surface area contributed by atoms with E-state index in [4.69, 9.17) is 10.5 Å². The monoisotopic (exact) mass is 237 g/mol. The van der Waals surface area contributed by atoms with Crippen LogP contribution >= 0.6 is 0 Å². The zero-order chi connectivity index (χ0) is 12.6. The standard InChI is InChI=1S/C11H19N5O/c1-5-17-6-7(2)16-10-9(13-11(16)12)8(3)14-15(10)4/h7H,5-6H2,1-4H3,(H2,12,13). The number of hydrogen-bond acceptors (Lipinski definition) is 4. The van der Waals surface area contributed by atoms with Crippen molar-refractivity contribution in [2.75, 3.05) is 18.9 Å². The highest BCUT2D eigenvalue weighted by atomic mass is 16.5. The van der Waals surface area contributed by atoms with Crippen molar-refractivity contribution in [2.24, 2.45) is 7.05 Å². The lowest BCUT2D eigenvalue weighted by atomic mass is 10.3. The molecule has 2 heterocycles. The van der Waals surface area contributed by atoms with Crippen LogP contribution in [0.1, 0.15) is 25.6 Å². The fourth-order valence-electron chi connectivity index (χ4n) is 2.11. The van der Waals surface area contributed by atoms with E-state index in [2.05, 4.69) is 17.0 Å². The Morgan fingerprint density at radius 1 is 1.47 bits per heavy atom. The lowest BCUT2D eigenvalue weighted by Gasteiger charge is -2.15. The second-order valence-electron chi connectivity index (χ2n) is 4.23. The summed E-state index contributed by atoms with van der Waals surface area (Å²) in [6.07, 6.45) is 0. The first-order chi connectivity index (χ1) is 8.06. The topological polar surface area (TPSA) is 70.9 Å². The number of fused-ring (bicyclic) bond motifs is 1. The summed E-state index contributed by atoms with van der Waals surface area (Å²) in [5.41, 5.74) is 8.68. The van der Waals surface area contributed by atoms with Gasteiger partial charge in [-0.3, -0.25) is 9.25 Å². The van der Waals surface area contributed by atoms with E-state index in [0.717, 1.165) is 16.9 Å². The molecule has 6 nitrogen and oxygen atoms in total. The van der Waals surface area contributed by atoms with Gasteiger partial charge in [-0.25, -0.2) is 4.98 Å². The minimum Gasteiger partial charge on any atom is -0.380 e. The van der Waals surface area contributed by atoms with Gasteiger partial charge in [0.15, 0.2) is 5.65 Å². The first-order valence-corrected chi connectivity index (χ1v) is 5.81. The van der Waals surface area contributed by atoms with Crippen LogP contribution in [0.4, 0.5) is 5.95 Å². The minimum absolute atomic E-state index is 0.148. The second-order valence-corrected chi connectivity index (χ2v) is 4.23. The van der Waals surface area contributed by atoms with Gasteiger partial charge in [0.2, 0.25) is 5.95 Å². The highest BCUT2D eigenvalue weighted by Gasteiger charge is 2.19. The zero-order valence-corrected chi connectivity index (χ0v) is 10.8. The lowest BCUT2D eigenvalue weighted by molar-refractivity contribution is 0.120. The van der Waals surface area contributed by atoms with Crippen LogP contribution in [0.25, 0.3) is 11.2 Å². The molecule has 94 valence electrons. The maximum atomic E-state index is 5.96. The number of aryl methyl sites for hydroxylation is 2. The van der Waals surface area contributed by atoms with Gasteiger partial charge in [-0.05, 0) is 20.8 Å². The summed E-state index contributed by atoms with van der Waals surface area (Å²) in [5, 5.41) is 4.35. The summed E-state index contributed by atoms with van der Waals surface area (Å²) in [7, 11) is 1.90. The Balaban J connectivity index is 2.48. The van der Waals surface area contributed by atoms with Crippen molar-refractivity contribution >= 4 is 17.1 Å². The van der Waals surface area contributed by atoms with E-state index < -0.39 is 0 Å². The molecule has 0 saturated carbocycles. The highest BCUT2D eigenvalue weighted by molar-refractivity contribution is 5.77. The molecule has 2 aromatic heterocycles. The molecule has 0 aliphatic rings. The molecule has 0 spiro atoms. The van der Waals surface area contributed by atoms with Crippen LogP contribution in [0.2, 0.25) is 0 Å². The molecule has 2 aromatic rings. The number of hydrogen-bond donors (Lipinski definition) is 1. The lowest BCUT2D eigenvalue weighted by Crippen LogP contribution is -2.16. The van der Waals surface area contributed by atoms with Crippen molar-refractivity contribution < 1.29 is 4.74 Å². The Bertz CT molecular complexity index is 527. The Labute approximate surface area is 100 Å². The van der Waals surface area contributed by atoms with E-state index >= 15 is 0 Å². The average molecular weight is 237 g/mol. The summed E-state index contributed by atoms with van der Waals surface area (Å²) < 4.78 is 9.23. The van der Waals surface area contributed by atoms with Crippen LogP contribution in [0, 0.1) is 6.92 Å². The molecular weight excluding hydrogens is 218 g/mol. The third kappa shape index (κ3) is 1.88. The molecule has 0 aliphatic carbocycles. The molecule has 0 bridgehead atoms. The summed E-state index contributed by atoms with van der Waals surface area (Å²) >= 11 is 0. The van der Waals surface area contributed by atoms with Crippen LogP contribution in [0.15, 0.2) is 0 Å². The number of ether oxygens (including phenoxy) is 1. The first kappa shape index (κ1) is 11.9. The van der Waals surface area contributed by atoms with Crippen LogP contribution in [0.3, 0.4) is 0 Å². The van der Waals surface area contributed by atoms with E-state index in [9.17, 15) is 0 Å². The van der Waals surface area contributed by atoms with Crippen molar-refractivity contribution in [3.8, 4) is 0 Å². The Kier molecular flexibility index (Phi) is 3.06. The van der Waals surface area contributed by atoms with E-state index in [1.54, 1.807) is 0 Å². The Morgan fingerprint density at radius 3 is 2.82 bits per heavy atom. The zero-order valence-electron chi connectivity index (χ0n) is 10.8. The van der Waals surface area contributed by atoms with Crippen molar-refractivity contribution in [1.29, 1.82) is 0 Å². The predicted molar refractivity (Wildman–Crippen MR) is 66.9 cm³/mol. The number of rotatable bonds is 4. The third-order valence-corrected chi connectivity index (χ3v) is 2.87. The smallest absolute Gasteiger partial charge is 0.202 e. The fraction of sp³-hybridized carbons (Fsp3) is 0.636. The molecule has 17 heavy (non-hydrogen) atoms. The largest absolute Gasteiger partial charge is 0.380 e. The number of nitrogens with zero attached hydrogens (tertiary/aromatic N) is 4. The number of imidazole rings is 1. The van der Waals surface area contributed by atoms with E-state index in [1.807, 2.05) is 30.1 Å². The van der Waals surface area contributed by atoms with Gasteiger partial charge in [0.05, 0.1) is 18.3 Å². The van der Waals surface area contributed by atoms with E-state index in [-0.39, 0.29) is 6.04 Å². The van der Waals surface area contributed by atoms with Gasteiger partial charge in [-0.15, -0.1) is 0 Å². The molecule has 1 unspecified atom stereocenters. The molecular formula is C11H19N5O. The molecule has 0 radical (unpaired) electrons. The van der Waals surface area contributed by atoms with Crippen LogP contribution in [-0.4, -0.2) is 32.5 Å². The molecule has 6 heteroatoms. The molecule has 0 aromatic carbocycles. The quantitative estimate of drug-likeness (QED) is 0.869. The van der Waals surface area contributed by atoms with Gasteiger partial charge in [0, 0.05) is 13.7 Å². The fourth-order valence-corrected chi connectivity index (χ4v) is 2.11. The minimum atomic E-state index is 0.148. The number of nitrogens with two attached hydrogens (primary N) is 1. The van der Waals surface area contributed by atoms with Crippen LogP contribution in [0.5, 0.6) is 0 Å². The van der Waals surface area contributed by atoms with Crippen LogP contribution in [-0.2, 0) is 11.8 Å². The number of anilines is 1. The van der Waals surface area contributed by atoms with Gasteiger partial charge in [0.25, 0.3) is 0 Å². The Hall–Kier alpha value is -1.56. The van der Waals surface area contributed by atoms with Crippen molar-refractivity contribution in [2.45, 2.75) is 26.8 Å². The maximum Gasteiger partial charge on any atom is 0.202 e. The molecule has 1 atom stereocenters. The maximum absolute atomic E-state index is 5.96. The molecule has 0 amide bonds. The third-order valence-electron chi connectivity index (χ3n) is 2.87. The first-order valence-electron chi connectivity index (χ1n) is 5.81. The van der Waals surface area contributed by atoms with Crippen molar-refractivity contribution in [3.63, 3.8) is 0 Å². The van der Waals surface area contributed by atoms with Gasteiger partial charge < -0.3 is 10.5 Å². The highest BCUT2D eigenvalue weighted by Crippen LogP contribution is 2.24. The number of aromatic nitrogens is 4. The summed E-state index contributed by atoms with van der Waals surface area (Å²) in [5.74, 6) is 0.517. The van der Waals surface area contributed by atoms with Gasteiger partial charge in [0.1, 0.15) is 5.52 Å². The van der Waals surface area contributed by atoms with Crippen molar-refractivity contribution in [3.05, 3.63) is 5.69 Å². The average Bonchev–Trinajstić information content (AvgIpc) is 2.74. The van der Waals surface area contributed by atoms with E-state index in [0.29, 0.717) is 19.2 Å². The van der Waals surface area contributed by atoms with Crippen molar-refractivity contribution in [1.82, 2.24) is 19.3 Å². The van der Waals surface area contributed by atoms with Gasteiger partial charge in [-0.2, -0.15) is 5.10 Å². The van der Waals surface area contributed by atoms with E-state index in [1.165, 1.54) is 0 Å².